The molecular formula is C13H15N5O4S2. The van der Waals surface area contributed by atoms with E-state index < -0.39 is 10.0 Å². The Bertz CT molecular complexity index is 863. The fraction of sp³-hybridized carbons (Fsp3) is 0.231. The lowest BCUT2D eigenvalue weighted by Crippen LogP contribution is -2.13. The summed E-state index contributed by atoms with van der Waals surface area (Å²) in [5.74, 6) is -0.554. The quantitative estimate of drug-likeness (QED) is 0.664. The minimum Gasteiger partial charge on any atom is -0.326 e. The Morgan fingerprint density at radius 2 is 1.88 bits per heavy atom. The summed E-state index contributed by atoms with van der Waals surface area (Å²) in [6.45, 7) is 3.02. The predicted octanol–water partition coefficient (Wildman–Crippen LogP) is 1.65. The molecule has 1 aromatic carbocycles. The summed E-state index contributed by atoms with van der Waals surface area (Å²) < 4.78 is 26.7. The third-order valence-corrected chi connectivity index (χ3v) is 5.23. The monoisotopic (exact) mass is 369 g/mol. The van der Waals surface area contributed by atoms with Gasteiger partial charge in [-0.1, -0.05) is 24.3 Å². The SMILES string of the molecule is CCC(=O)Nc1nnc(S(=O)(=O)Nc2cccc(NC(C)=O)c2)s1. The molecule has 1 aromatic heterocycles. The first kappa shape index (κ1) is 17.8. The van der Waals surface area contributed by atoms with Crippen molar-refractivity contribution in [2.24, 2.45) is 0 Å². The summed E-state index contributed by atoms with van der Waals surface area (Å²) >= 11 is 0.743. The Labute approximate surface area is 142 Å². The molecule has 2 rings (SSSR count). The molecule has 0 atom stereocenters. The number of hydrogen-bond donors (Lipinski definition) is 3. The Morgan fingerprint density at radius 1 is 1.17 bits per heavy atom. The number of nitrogens with one attached hydrogen (secondary N) is 3. The van der Waals surface area contributed by atoms with Gasteiger partial charge in [-0.25, -0.2) is 0 Å². The van der Waals surface area contributed by atoms with Crippen molar-refractivity contribution in [3.05, 3.63) is 24.3 Å². The first-order chi connectivity index (χ1) is 11.3. The van der Waals surface area contributed by atoms with E-state index in [2.05, 4.69) is 25.6 Å². The zero-order valence-corrected chi connectivity index (χ0v) is 14.5. The van der Waals surface area contributed by atoms with Gasteiger partial charge in [0.1, 0.15) is 0 Å². The van der Waals surface area contributed by atoms with Crippen LogP contribution in [0.25, 0.3) is 0 Å². The van der Waals surface area contributed by atoms with Crippen LogP contribution in [0.2, 0.25) is 0 Å². The molecular weight excluding hydrogens is 354 g/mol. The van der Waals surface area contributed by atoms with Gasteiger partial charge < -0.3 is 10.6 Å². The van der Waals surface area contributed by atoms with Crippen LogP contribution < -0.4 is 15.4 Å². The maximum atomic E-state index is 12.3. The van der Waals surface area contributed by atoms with E-state index in [0.29, 0.717) is 5.69 Å². The molecule has 1 heterocycles. The Hall–Kier alpha value is -2.53. The van der Waals surface area contributed by atoms with Gasteiger partial charge in [0, 0.05) is 19.0 Å². The number of rotatable bonds is 6. The van der Waals surface area contributed by atoms with Gasteiger partial charge in [-0.3, -0.25) is 14.3 Å². The third kappa shape index (κ3) is 4.73. The van der Waals surface area contributed by atoms with Crippen LogP contribution >= 0.6 is 11.3 Å². The van der Waals surface area contributed by atoms with E-state index in [9.17, 15) is 18.0 Å². The number of sulfonamides is 1. The molecule has 11 heteroatoms. The van der Waals surface area contributed by atoms with Crippen LogP contribution in [0.3, 0.4) is 0 Å². The molecule has 0 bridgehead atoms. The maximum Gasteiger partial charge on any atom is 0.291 e. The fourth-order valence-corrected chi connectivity index (χ4v) is 3.61. The molecule has 0 spiro atoms. The second kappa shape index (κ2) is 7.36. The molecule has 2 aromatic rings. The van der Waals surface area contributed by atoms with Gasteiger partial charge in [0.2, 0.25) is 16.9 Å². The molecule has 24 heavy (non-hydrogen) atoms. The second-order valence-electron chi connectivity index (χ2n) is 4.64. The smallest absolute Gasteiger partial charge is 0.291 e. The van der Waals surface area contributed by atoms with Crippen molar-refractivity contribution >= 4 is 49.7 Å². The van der Waals surface area contributed by atoms with Crippen molar-refractivity contribution in [2.45, 2.75) is 24.6 Å². The van der Waals surface area contributed by atoms with Gasteiger partial charge in [0.25, 0.3) is 14.4 Å². The first-order valence-electron chi connectivity index (χ1n) is 6.84. The van der Waals surface area contributed by atoms with Crippen LogP contribution in [0.5, 0.6) is 0 Å². The zero-order valence-electron chi connectivity index (χ0n) is 12.9. The molecule has 0 aliphatic heterocycles. The van der Waals surface area contributed by atoms with E-state index in [1.807, 2.05) is 0 Å². The van der Waals surface area contributed by atoms with Crippen LogP contribution in [0, 0.1) is 0 Å². The standard InChI is InChI=1S/C13H15N5O4S2/c1-3-11(20)15-12-16-17-13(23-12)24(21,22)18-10-6-4-5-9(7-10)14-8(2)19/h4-7,18H,3H2,1-2H3,(H,14,19)(H,15,16,20). The van der Waals surface area contributed by atoms with Crippen molar-refractivity contribution in [3.8, 4) is 0 Å². The molecule has 0 saturated heterocycles. The number of hydrogen-bond acceptors (Lipinski definition) is 7. The number of anilines is 3. The van der Waals surface area contributed by atoms with Crippen molar-refractivity contribution in [3.63, 3.8) is 0 Å². The van der Waals surface area contributed by atoms with Gasteiger partial charge in [-0.15, -0.1) is 10.2 Å². The Balaban J connectivity index is 2.16. The average Bonchev–Trinajstić information content (AvgIpc) is 2.95. The van der Waals surface area contributed by atoms with E-state index in [1.165, 1.54) is 19.1 Å². The minimum atomic E-state index is -3.95. The number of carbonyl (C=O) groups excluding carboxylic acids is 2. The Kier molecular flexibility index (Phi) is 5.46. The average molecular weight is 369 g/mol. The maximum absolute atomic E-state index is 12.3. The lowest BCUT2D eigenvalue weighted by molar-refractivity contribution is -0.116. The van der Waals surface area contributed by atoms with Gasteiger partial charge in [0.15, 0.2) is 0 Å². The molecule has 9 nitrogen and oxygen atoms in total. The normalized spacial score (nSPS) is 10.9. The highest BCUT2D eigenvalue weighted by Crippen LogP contribution is 2.24. The molecule has 0 saturated carbocycles. The molecule has 0 unspecified atom stereocenters. The van der Waals surface area contributed by atoms with Crippen LogP contribution in [-0.4, -0.2) is 30.4 Å². The van der Waals surface area contributed by atoms with Gasteiger partial charge >= 0.3 is 0 Å². The number of aromatic nitrogens is 2. The summed E-state index contributed by atoms with van der Waals surface area (Å²) in [6.07, 6.45) is 0.246. The van der Waals surface area contributed by atoms with Crippen LogP contribution in [-0.2, 0) is 19.6 Å². The third-order valence-electron chi connectivity index (χ3n) is 2.64. The van der Waals surface area contributed by atoms with E-state index in [4.69, 9.17) is 0 Å². The lowest BCUT2D eigenvalue weighted by atomic mass is 10.3. The van der Waals surface area contributed by atoms with Crippen molar-refractivity contribution in [1.82, 2.24) is 10.2 Å². The molecule has 0 radical (unpaired) electrons. The summed E-state index contributed by atoms with van der Waals surface area (Å²) in [5, 5.41) is 12.3. The predicted molar refractivity (Wildman–Crippen MR) is 90.4 cm³/mol. The first-order valence-corrected chi connectivity index (χ1v) is 9.14. The van der Waals surface area contributed by atoms with Crippen LogP contribution in [0.4, 0.5) is 16.5 Å². The van der Waals surface area contributed by atoms with Crippen LogP contribution in [0.15, 0.2) is 28.6 Å². The number of amides is 2. The Morgan fingerprint density at radius 3 is 2.54 bits per heavy atom. The molecule has 0 fully saturated rings. The van der Waals surface area contributed by atoms with Gasteiger partial charge in [-0.2, -0.15) is 8.42 Å². The number of carbonyl (C=O) groups is 2. The minimum absolute atomic E-state index is 0.106. The van der Waals surface area contributed by atoms with Crippen molar-refractivity contribution in [2.75, 3.05) is 15.4 Å². The summed E-state index contributed by atoms with van der Waals surface area (Å²) in [6, 6.07) is 6.22. The van der Waals surface area contributed by atoms with Crippen molar-refractivity contribution < 1.29 is 18.0 Å². The lowest BCUT2D eigenvalue weighted by Gasteiger charge is -2.07. The van der Waals surface area contributed by atoms with Gasteiger partial charge in [0.05, 0.1) is 5.69 Å². The summed E-state index contributed by atoms with van der Waals surface area (Å²) in [4.78, 5) is 22.3. The highest BCUT2D eigenvalue weighted by Gasteiger charge is 2.21. The topological polar surface area (TPSA) is 130 Å². The van der Waals surface area contributed by atoms with Crippen molar-refractivity contribution in [1.29, 1.82) is 0 Å². The van der Waals surface area contributed by atoms with Gasteiger partial charge in [-0.05, 0) is 18.2 Å². The van der Waals surface area contributed by atoms with Crippen LogP contribution in [0.1, 0.15) is 20.3 Å². The fourth-order valence-electron chi connectivity index (χ4n) is 1.64. The second-order valence-corrected chi connectivity index (χ2v) is 7.48. The zero-order chi connectivity index (χ0) is 17.7. The van der Waals surface area contributed by atoms with E-state index >= 15 is 0 Å². The highest BCUT2D eigenvalue weighted by atomic mass is 32.2. The summed E-state index contributed by atoms with van der Waals surface area (Å²) in [5.41, 5.74) is 0.714. The molecule has 3 N–H and O–H groups in total. The number of benzene rings is 1. The van der Waals surface area contributed by atoms with E-state index in [-0.39, 0.29) is 33.4 Å². The van der Waals surface area contributed by atoms with E-state index in [0.717, 1.165) is 11.3 Å². The molecule has 0 aliphatic rings. The molecule has 0 aliphatic carbocycles. The highest BCUT2D eigenvalue weighted by molar-refractivity contribution is 7.94. The molecule has 128 valence electrons. The largest absolute Gasteiger partial charge is 0.326 e. The molecule has 2 amide bonds. The van der Waals surface area contributed by atoms with E-state index in [1.54, 1.807) is 19.1 Å². The number of nitrogens with zero attached hydrogens (tertiary/aromatic N) is 2. The summed E-state index contributed by atoms with van der Waals surface area (Å²) in [7, 11) is -3.95.